The summed E-state index contributed by atoms with van der Waals surface area (Å²) in [5, 5.41) is 5.68. The van der Waals surface area contributed by atoms with E-state index in [9.17, 15) is 9.59 Å². The zero-order chi connectivity index (χ0) is 17.6. The van der Waals surface area contributed by atoms with Gasteiger partial charge in [-0.1, -0.05) is 42.5 Å². The third kappa shape index (κ3) is 4.07. The summed E-state index contributed by atoms with van der Waals surface area (Å²) >= 11 is 0. The summed E-state index contributed by atoms with van der Waals surface area (Å²) in [6, 6.07) is 17.1. The fourth-order valence-electron chi connectivity index (χ4n) is 2.92. The van der Waals surface area contributed by atoms with Crippen molar-refractivity contribution in [2.75, 3.05) is 23.3 Å². The van der Waals surface area contributed by atoms with E-state index < -0.39 is 0 Å². The largest absolute Gasteiger partial charge is 0.336 e. The number of hydrogen-bond acceptors (Lipinski definition) is 2. The molecule has 1 heterocycles. The Bertz CT molecular complexity index is 774. The second-order valence-corrected chi connectivity index (χ2v) is 5.94. The quantitative estimate of drug-likeness (QED) is 0.794. The summed E-state index contributed by atoms with van der Waals surface area (Å²) in [7, 11) is 0. The number of amides is 3. The minimum atomic E-state index is -0.112. The molecule has 2 N–H and O–H groups in total. The average Bonchev–Trinajstić information content (AvgIpc) is 3.06. The molecule has 5 heteroatoms. The van der Waals surface area contributed by atoms with Gasteiger partial charge in [-0.25, -0.2) is 4.79 Å². The van der Waals surface area contributed by atoms with Crippen LogP contribution < -0.4 is 15.5 Å². The molecule has 1 saturated heterocycles. The van der Waals surface area contributed by atoms with Gasteiger partial charge in [-0.2, -0.15) is 0 Å². The van der Waals surface area contributed by atoms with E-state index in [2.05, 4.69) is 17.2 Å². The molecule has 25 heavy (non-hydrogen) atoms. The van der Waals surface area contributed by atoms with Crippen LogP contribution in [-0.4, -0.2) is 25.0 Å². The van der Waals surface area contributed by atoms with Crippen molar-refractivity contribution >= 4 is 23.3 Å². The lowest BCUT2D eigenvalue weighted by molar-refractivity contribution is -0.116. The number of nitrogens with one attached hydrogen (secondary N) is 2. The standard InChI is InChI=1S/C20H21N3O2/c1-2-15(16-7-4-3-5-8-16)13-19(24)22-17-9-6-10-18(14-17)23-12-11-21-20(23)25/h2-10,14-15H,1,11-13H2,(H,21,25)(H,22,24). The van der Waals surface area contributed by atoms with Crippen LogP contribution in [0.5, 0.6) is 0 Å². The first-order chi connectivity index (χ1) is 12.2. The third-order valence-electron chi connectivity index (χ3n) is 4.22. The second-order valence-electron chi connectivity index (χ2n) is 5.94. The lowest BCUT2D eigenvalue weighted by Crippen LogP contribution is -2.27. The number of allylic oxidation sites excluding steroid dienone is 1. The van der Waals surface area contributed by atoms with Crippen molar-refractivity contribution in [2.24, 2.45) is 0 Å². The van der Waals surface area contributed by atoms with E-state index >= 15 is 0 Å². The number of carbonyl (C=O) groups excluding carboxylic acids is 2. The van der Waals surface area contributed by atoms with Crippen LogP contribution in [0.1, 0.15) is 17.9 Å². The van der Waals surface area contributed by atoms with E-state index in [0.717, 1.165) is 11.3 Å². The van der Waals surface area contributed by atoms with Gasteiger partial charge < -0.3 is 10.6 Å². The Morgan fingerprint density at radius 1 is 1.24 bits per heavy atom. The lowest BCUT2D eigenvalue weighted by Gasteiger charge is -2.16. The van der Waals surface area contributed by atoms with Crippen LogP contribution in [0.2, 0.25) is 0 Å². The Morgan fingerprint density at radius 2 is 2.04 bits per heavy atom. The molecule has 0 aliphatic carbocycles. The molecule has 128 valence electrons. The predicted molar refractivity (Wildman–Crippen MR) is 99.8 cm³/mol. The van der Waals surface area contributed by atoms with Crippen LogP contribution in [0.4, 0.5) is 16.2 Å². The van der Waals surface area contributed by atoms with Crippen LogP contribution >= 0.6 is 0 Å². The van der Waals surface area contributed by atoms with Gasteiger partial charge in [-0.3, -0.25) is 9.69 Å². The number of anilines is 2. The Hall–Kier alpha value is -3.08. The molecule has 2 aromatic rings. The van der Waals surface area contributed by atoms with E-state index in [-0.39, 0.29) is 17.9 Å². The normalized spacial score (nSPS) is 14.7. The molecule has 1 unspecified atom stereocenters. The van der Waals surface area contributed by atoms with Gasteiger partial charge >= 0.3 is 6.03 Å². The monoisotopic (exact) mass is 335 g/mol. The highest BCUT2D eigenvalue weighted by molar-refractivity contribution is 5.96. The van der Waals surface area contributed by atoms with Gasteiger partial charge in [-0.05, 0) is 23.8 Å². The summed E-state index contributed by atoms with van der Waals surface area (Å²) in [6.07, 6.45) is 2.11. The Labute approximate surface area is 147 Å². The number of urea groups is 1. The van der Waals surface area contributed by atoms with E-state index in [1.165, 1.54) is 0 Å². The molecule has 1 aliphatic heterocycles. The van der Waals surface area contributed by atoms with E-state index in [4.69, 9.17) is 0 Å². The first kappa shape index (κ1) is 16.8. The summed E-state index contributed by atoms with van der Waals surface area (Å²) in [4.78, 5) is 25.8. The van der Waals surface area contributed by atoms with Crippen molar-refractivity contribution in [1.29, 1.82) is 0 Å². The van der Waals surface area contributed by atoms with Crippen molar-refractivity contribution in [3.05, 3.63) is 72.8 Å². The minimum Gasteiger partial charge on any atom is -0.336 e. The van der Waals surface area contributed by atoms with Gasteiger partial charge in [0.2, 0.25) is 5.91 Å². The number of hydrogen-bond donors (Lipinski definition) is 2. The molecule has 3 amide bonds. The third-order valence-corrected chi connectivity index (χ3v) is 4.22. The molecule has 0 spiro atoms. The van der Waals surface area contributed by atoms with Gasteiger partial charge in [0.05, 0.1) is 0 Å². The summed E-state index contributed by atoms with van der Waals surface area (Å²) in [6.45, 7) is 5.10. The topological polar surface area (TPSA) is 61.4 Å². The molecule has 1 fully saturated rings. The maximum atomic E-state index is 12.4. The first-order valence-corrected chi connectivity index (χ1v) is 8.30. The van der Waals surface area contributed by atoms with Crippen molar-refractivity contribution in [3.63, 3.8) is 0 Å². The summed E-state index contributed by atoms with van der Waals surface area (Å²) in [5.41, 5.74) is 2.52. The van der Waals surface area contributed by atoms with Crippen LogP contribution in [0.15, 0.2) is 67.3 Å². The van der Waals surface area contributed by atoms with Crippen molar-refractivity contribution in [2.45, 2.75) is 12.3 Å². The lowest BCUT2D eigenvalue weighted by atomic mass is 9.95. The van der Waals surface area contributed by atoms with Crippen molar-refractivity contribution in [3.8, 4) is 0 Å². The molecular formula is C20H21N3O2. The van der Waals surface area contributed by atoms with Gasteiger partial charge in [0.25, 0.3) is 0 Å². The highest BCUT2D eigenvalue weighted by Gasteiger charge is 2.21. The maximum Gasteiger partial charge on any atom is 0.321 e. The van der Waals surface area contributed by atoms with Gasteiger partial charge in [0, 0.05) is 36.8 Å². The maximum absolute atomic E-state index is 12.4. The molecule has 0 radical (unpaired) electrons. The molecule has 1 atom stereocenters. The molecule has 3 rings (SSSR count). The Morgan fingerprint density at radius 3 is 2.72 bits per heavy atom. The average molecular weight is 335 g/mol. The Balaban J connectivity index is 1.66. The number of rotatable bonds is 6. The number of carbonyl (C=O) groups is 2. The van der Waals surface area contributed by atoms with Gasteiger partial charge in [-0.15, -0.1) is 6.58 Å². The molecule has 5 nitrogen and oxygen atoms in total. The summed E-state index contributed by atoms with van der Waals surface area (Å²) < 4.78 is 0. The molecule has 0 bridgehead atoms. The first-order valence-electron chi connectivity index (χ1n) is 8.30. The molecule has 0 aromatic heterocycles. The zero-order valence-electron chi connectivity index (χ0n) is 13.9. The fourth-order valence-corrected chi connectivity index (χ4v) is 2.92. The van der Waals surface area contributed by atoms with Gasteiger partial charge in [0.15, 0.2) is 0 Å². The summed E-state index contributed by atoms with van der Waals surface area (Å²) in [5.74, 6) is -0.120. The molecule has 1 aliphatic rings. The van der Waals surface area contributed by atoms with Crippen molar-refractivity contribution in [1.82, 2.24) is 5.32 Å². The van der Waals surface area contributed by atoms with Crippen LogP contribution in [-0.2, 0) is 4.79 Å². The number of benzene rings is 2. The van der Waals surface area contributed by atoms with E-state index in [1.807, 2.05) is 54.6 Å². The van der Waals surface area contributed by atoms with Gasteiger partial charge in [0.1, 0.15) is 0 Å². The highest BCUT2D eigenvalue weighted by Crippen LogP contribution is 2.24. The molecule has 0 saturated carbocycles. The second kappa shape index (κ2) is 7.66. The SMILES string of the molecule is C=CC(CC(=O)Nc1cccc(N2CCNC2=O)c1)c1ccccc1. The minimum absolute atomic E-state index is 0.0336. The predicted octanol–water partition coefficient (Wildman–Crippen LogP) is 3.51. The fraction of sp³-hybridized carbons (Fsp3) is 0.200. The van der Waals surface area contributed by atoms with E-state index in [0.29, 0.717) is 25.2 Å². The Kier molecular flexibility index (Phi) is 5.14. The highest BCUT2D eigenvalue weighted by atomic mass is 16.2. The van der Waals surface area contributed by atoms with Crippen LogP contribution in [0.25, 0.3) is 0 Å². The van der Waals surface area contributed by atoms with Crippen LogP contribution in [0.3, 0.4) is 0 Å². The zero-order valence-corrected chi connectivity index (χ0v) is 13.9. The molecule has 2 aromatic carbocycles. The van der Waals surface area contributed by atoms with E-state index in [1.54, 1.807) is 11.0 Å². The number of nitrogens with zero attached hydrogens (tertiary/aromatic N) is 1. The van der Waals surface area contributed by atoms with Crippen molar-refractivity contribution < 1.29 is 9.59 Å². The smallest absolute Gasteiger partial charge is 0.321 e. The van der Waals surface area contributed by atoms with Crippen LogP contribution in [0, 0.1) is 0 Å². The molecular weight excluding hydrogens is 314 g/mol.